The van der Waals surface area contributed by atoms with E-state index >= 15 is 0 Å². The van der Waals surface area contributed by atoms with E-state index in [-0.39, 0.29) is 40.5 Å². The van der Waals surface area contributed by atoms with Crippen LogP contribution in [0.4, 0.5) is 23.5 Å². The summed E-state index contributed by atoms with van der Waals surface area (Å²) < 4.78 is 0. The molecule has 0 unspecified atom stereocenters. The van der Waals surface area contributed by atoms with Gasteiger partial charge >= 0.3 is 0 Å². The van der Waals surface area contributed by atoms with E-state index in [0.717, 1.165) is 0 Å². The molecule has 0 aliphatic carbocycles. The summed E-state index contributed by atoms with van der Waals surface area (Å²) in [5.41, 5.74) is 0. The van der Waals surface area contributed by atoms with Crippen LogP contribution in [0, 0.1) is 0 Å². The van der Waals surface area contributed by atoms with E-state index in [4.69, 9.17) is 0 Å². The second-order valence-corrected chi connectivity index (χ2v) is 0. The molecule has 0 atom stereocenters. The van der Waals surface area contributed by atoms with Crippen molar-refractivity contribution < 1.29 is 23.5 Å². The van der Waals surface area contributed by atoms with Gasteiger partial charge < -0.3 is 0 Å². The van der Waals surface area contributed by atoms with Crippen LogP contribution in [0.25, 0.3) is 0 Å². The van der Waals surface area contributed by atoms with E-state index in [1.165, 1.54) is 0 Å². The maximum Gasteiger partial charge on any atom is -0.0683 e. The first-order valence-corrected chi connectivity index (χ1v) is 1.00. The summed E-state index contributed by atoms with van der Waals surface area (Å²) in [5, 5.41) is 0. The van der Waals surface area contributed by atoms with E-state index < -0.39 is 0 Å². The number of hydrogen-bond donors (Lipinski definition) is 0. The molecule has 62 valence electrons. The molecule has 8 heavy (non-hydrogen) atoms. The van der Waals surface area contributed by atoms with Crippen molar-refractivity contribution in [1.82, 2.24) is 0 Å². The van der Waals surface area contributed by atoms with Gasteiger partial charge in [0.25, 0.3) is 0 Å². The van der Waals surface area contributed by atoms with Crippen LogP contribution in [-0.4, -0.2) is 0 Å². The Morgan fingerprint density at radius 1 is 0.500 bits per heavy atom. The highest BCUT2D eigenvalue weighted by Gasteiger charge is 0.932. The second-order valence-electron chi connectivity index (χ2n) is 0. The lowest BCUT2D eigenvalue weighted by Crippen LogP contribution is -0.856. The van der Waals surface area contributed by atoms with Gasteiger partial charge in [0.15, 0.2) is 0 Å². The summed E-state index contributed by atoms with van der Waals surface area (Å²) in [6.45, 7) is 4.00. The van der Waals surface area contributed by atoms with Gasteiger partial charge in [-0.05, 0) is 0 Å². The molecular weight excluding hydrogens is 199 g/mol. The third-order valence-electron chi connectivity index (χ3n) is 0. The van der Waals surface area contributed by atoms with Crippen molar-refractivity contribution >= 4 is 17.0 Å². The lowest BCUT2D eigenvalue weighted by Gasteiger charge is -1.07. The summed E-state index contributed by atoms with van der Waals surface area (Å²) in [7, 11) is 0. The van der Waals surface area contributed by atoms with Gasteiger partial charge in [-0.15, -0.1) is 17.0 Å². The van der Waals surface area contributed by atoms with Crippen LogP contribution in [0.5, 0.6) is 0 Å². The normalized spacial score (nSPS) is 0.750. The van der Waals surface area contributed by atoms with E-state index in [9.17, 15) is 0 Å². The van der Waals surface area contributed by atoms with E-state index in [0.29, 0.717) is 0 Å². The van der Waals surface area contributed by atoms with Crippen LogP contribution in [0.1, 0.15) is 13.8 Å². The first-order chi connectivity index (χ1) is 1.00. The van der Waals surface area contributed by atoms with E-state index in [1.54, 1.807) is 0 Å². The zero-order chi connectivity index (χ0) is 2.00. The van der Waals surface area contributed by atoms with Gasteiger partial charge in [0.1, 0.15) is 0 Å². The summed E-state index contributed by atoms with van der Waals surface area (Å²) >= 11 is 0. The number of halogens is 6. The molecule has 0 spiro atoms. The minimum atomic E-state index is 0. The largest absolute Gasteiger partial charge is 0.269 e. The maximum absolute atomic E-state index is 2.00. The van der Waals surface area contributed by atoms with Gasteiger partial charge in [-0.2, -0.15) is 0 Å². The van der Waals surface area contributed by atoms with Crippen molar-refractivity contribution in [3.63, 3.8) is 0 Å². The fraction of sp³-hybridized carbons (Fsp3) is 1.00. The predicted octanol–water partition coefficient (Wildman–Crippen LogP) is 2.37. The molecule has 0 aromatic carbocycles. The molecule has 0 N–H and O–H groups in total. The molecule has 0 rings (SSSR count). The van der Waals surface area contributed by atoms with Crippen LogP contribution in [0.15, 0.2) is 0 Å². The third-order valence-corrected chi connectivity index (χ3v) is 0. The molecule has 0 radical (unpaired) electrons. The molecule has 0 saturated heterocycles. The Bertz CT molecular complexity index is 10.4. The summed E-state index contributed by atoms with van der Waals surface area (Å²) in [6.07, 6.45) is 0. The first kappa shape index (κ1) is 324. The highest BCUT2D eigenvalue weighted by molar-refractivity contribution is 8.93. The van der Waals surface area contributed by atoms with Crippen LogP contribution in [-0.2, 0) is 0 Å². The van der Waals surface area contributed by atoms with Crippen molar-refractivity contribution in [2.75, 3.05) is 0 Å². The van der Waals surface area contributed by atoms with Crippen LogP contribution in [0.3, 0.4) is 0 Å². The molecule has 0 aromatic heterocycles. The standard InChI is InChI=1S/C2H6.BrH.5FH/c1-2;;;;;;/h1-2H3;6*1H. The fourth-order valence-corrected chi connectivity index (χ4v) is 0. The molecule has 0 aliphatic rings. The maximum atomic E-state index is 2.00. The molecule has 0 fully saturated rings. The molecule has 0 nitrogen and oxygen atoms in total. The Hall–Kier alpha value is 0.130. The Kier molecular flexibility index (Phi) is 641000. The van der Waals surface area contributed by atoms with E-state index in [2.05, 4.69) is 0 Å². The molecule has 0 saturated carbocycles. The van der Waals surface area contributed by atoms with Crippen molar-refractivity contribution in [3.05, 3.63) is 0 Å². The van der Waals surface area contributed by atoms with Gasteiger partial charge in [-0.25, -0.2) is 0 Å². The topological polar surface area (TPSA) is 0 Å². The smallest absolute Gasteiger partial charge is 0.0683 e. The molecule has 0 bridgehead atoms. The Morgan fingerprint density at radius 3 is 0.500 bits per heavy atom. The molecule has 0 heterocycles. The van der Waals surface area contributed by atoms with Gasteiger partial charge in [0.2, 0.25) is 0 Å². The lowest BCUT2D eigenvalue weighted by atomic mass is 11.0. The molecular formula is C2H12BrF5. The van der Waals surface area contributed by atoms with Crippen LogP contribution < -0.4 is 0 Å². The Labute approximate surface area is 55.3 Å². The number of rotatable bonds is 0. The average molecular weight is 211 g/mol. The second kappa shape index (κ2) is 15900. The zero-order valence-corrected chi connectivity index (χ0v) is 6.16. The monoisotopic (exact) mass is 210 g/mol. The number of hydrogen-bond acceptors (Lipinski definition) is 0. The Morgan fingerprint density at radius 2 is 0.500 bits per heavy atom. The van der Waals surface area contributed by atoms with Crippen molar-refractivity contribution in [3.8, 4) is 0 Å². The summed E-state index contributed by atoms with van der Waals surface area (Å²) in [6, 6.07) is 0. The van der Waals surface area contributed by atoms with E-state index in [1.807, 2.05) is 13.8 Å². The van der Waals surface area contributed by atoms with Gasteiger partial charge in [-0.1, -0.05) is 13.8 Å². The third kappa shape index (κ3) is 9550. The van der Waals surface area contributed by atoms with Crippen LogP contribution >= 0.6 is 17.0 Å². The SMILES string of the molecule is Br.CC.F.F.F.F.F. The summed E-state index contributed by atoms with van der Waals surface area (Å²) in [5.74, 6) is 0. The minimum absolute atomic E-state index is 0. The zero-order valence-electron chi connectivity index (χ0n) is 4.45. The highest BCUT2D eigenvalue weighted by Crippen LogP contribution is 1.14. The minimum Gasteiger partial charge on any atom is -0.269 e. The Balaban J connectivity index is -0.000000000333. The van der Waals surface area contributed by atoms with Crippen molar-refractivity contribution in [2.45, 2.75) is 13.8 Å². The van der Waals surface area contributed by atoms with Crippen molar-refractivity contribution in [2.24, 2.45) is 0 Å². The highest BCUT2D eigenvalue weighted by atomic mass is 79.9. The molecule has 0 amide bonds. The average Bonchev–Trinajstić information content (AvgIpc) is 1.00. The van der Waals surface area contributed by atoms with Gasteiger partial charge in [-0.3, -0.25) is 23.5 Å². The van der Waals surface area contributed by atoms with Crippen molar-refractivity contribution in [1.29, 1.82) is 0 Å². The van der Waals surface area contributed by atoms with Gasteiger partial charge in [0, 0.05) is 0 Å². The van der Waals surface area contributed by atoms with Gasteiger partial charge in [0.05, 0.1) is 0 Å². The molecule has 0 aromatic rings. The quantitative estimate of drug-likeness (QED) is 0.539. The summed E-state index contributed by atoms with van der Waals surface area (Å²) in [4.78, 5) is 0. The molecule has 0 aliphatic heterocycles. The predicted molar refractivity (Wildman–Crippen MR) is 34.2 cm³/mol. The first-order valence-electron chi connectivity index (χ1n) is 1.00. The van der Waals surface area contributed by atoms with Crippen LogP contribution in [0.2, 0.25) is 0 Å². The molecule has 6 heteroatoms. The lowest BCUT2D eigenvalue weighted by molar-refractivity contribution is 1.11. The fourth-order valence-electron chi connectivity index (χ4n) is 0.